The van der Waals surface area contributed by atoms with Gasteiger partial charge in [-0.3, -0.25) is 0 Å². The maximum absolute atomic E-state index is 3.74. The van der Waals surface area contributed by atoms with Gasteiger partial charge in [0.15, 0.2) is 0 Å². The summed E-state index contributed by atoms with van der Waals surface area (Å²) in [5, 5.41) is 11.1. The Morgan fingerprint density at radius 2 is 0.704 bits per heavy atom. The van der Waals surface area contributed by atoms with E-state index >= 15 is 0 Å². The molecule has 0 aliphatic heterocycles. The number of hydrogen-bond donors (Lipinski definition) is 3. The van der Waals surface area contributed by atoms with Crippen LogP contribution in [0, 0.1) is 23.7 Å². The Morgan fingerprint density at radius 3 is 1.00 bits per heavy atom. The number of hydrogen-bond acceptors (Lipinski definition) is 3. The Hall–Kier alpha value is -0.120. The van der Waals surface area contributed by atoms with Crippen LogP contribution in [0.25, 0.3) is 0 Å². The molecule has 3 heteroatoms. The third kappa shape index (κ3) is 14.5. The second kappa shape index (κ2) is 16.8. The van der Waals surface area contributed by atoms with Gasteiger partial charge in [-0.15, -0.1) is 0 Å². The van der Waals surface area contributed by atoms with E-state index in [1.807, 2.05) is 0 Å². The molecule has 0 saturated heterocycles. The molecule has 0 saturated carbocycles. The van der Waals surface area contributed by atoms with Gasteiger partial charge in [0.1, 0.15) is 0 Å². The lowest BCUT2D eigenvalue weighted by Gasteiger charge is -2.26. The second-order valence-corrected chi connectivity index (χ2v) is 9.81. The van der Waals surface area contributed by atoms with Crippen molar-refractivity contribution in [2.75, 3.05) is 26.2 Å². The highest BCUT2D eigenvalue weighted by atomic mass is 14.9. The van der Waals surface area contributed by atoms with Gasteiger partial charge in [-0.1, -0.05) is 68.2 Å². The molecule has 0 fully saturated rings. The average Bonchev–Trinajstić information content (AvgIpc) is 2.56. The highest BCUT2D eigenvalue weighted by Gasteiger charge is 2.16. The first-order chi connectivity index (χ1) is 12.8. The number of nitrogens with one attached hydrogen (secondary N) is 3. The molecule has 3 nitrogen and oxygen atoms in total. The highest BCUT2D eigenvalue weighted by molar-refractivity contribution is 4.74. The Bertz CT molecular complexity index is 267. The predicted octanol–water partition coefficient (Wildman–Crippen LogP) is 5.46. The van der Waals surface area contributed by atoms with E-state index < -0.39 is 0 Å². The van der Waals surface area contributed by atoms with Gasteiger partial charge < -0.3 is 16.0 Å². The van der Waals surface area contributed by atoms with Crippen LogP contribution in [0.4, 0.5) is 0 Å². The van der Waals surface area contributed by atoms with Gasteiger partial charge in [0, 0.05) is 12.1 Å². The molecule has 0 radical (unpaired) electrons. The third-order valence-electron chi connectivity index (χ3n) is 5.69. The molecule has 0 heterocycles. The molecule has 0 atom stereocenters. The molecule has 3 N–H and O–H groups in total. The largest absolute Gasteiger partial charge is 0.317 e. The maximum atomic E-state index is 3.74. The van der Waals surface area contributed by atoms with Crippen LogP contribution in [0.3, 0.4) is 0 Å². The lowest BCUT2D eigenvalue weighted by Crippen LogP contribution is -2.38. The quantitative estimate of drug-likeness (QED) is 0.275. The molecule has 0 aromatic rings. The summed E-state index contributed by atoms with van der Waals surface area (Å²) in [6.07, 6.45) is 7.88. The van der Waals surface area contributed by atoms with Gasteiger partial charge in [0.25, 0.3) is 0 Å². The van der Waals surface area contributed by atoms with Gasteiger partial charge in [-0.2, -0.15) is 0 Å². The summed E-state index contributed by atoms with van der Waals surface area (Å²) in [7, 11) is 0. The van der Waals surface area contributed by atoms with E-state index in [0.29, 0.717) is 12.1 Å². The molecule has 0 spiro atoms. The maximum Gasteiger partial charge on any atom is 0.0113 e. The van der Waals surface area contributed by atoms with Crippen LogP contribution in [-0.2, 0) is 0 Å². The van der Waals surface area contributed by atoms with E-state index in [-0.39, 0.29) is 0 Å². The molecule has 0 unspecified atom stereocenters. The summed E-state index contributed by atoms with van der Waals surface area (Å²) in [4.78, 5) is 0. The van der Waals surface area contributed by atoms with Gasteiger partial charge in [-0.25, -0.2) is 0 Å². The molecule has 164 valence electrons. The molecule has 0 bridgehead atoms. The molecule has 0 aromatic carbocycles. The van der Waals surface area contributed by atoms with Crippen molar-refractivity contribution in [2.45, 2.75) is 106 Å². The van der Waals surface area contributed by atoms with E-state index in [9.17, 15) is 0 Å². The van der Waals surface area contributed by atoms with Crippen LogP contribution >= 0.6 is 0 Å². The van der Waals surface area contributed by atoms with E-state index in [2.05, 4.69) is 71.3 Å². The summed E-state index contributed by atoms with van der Waals surface area (Å²) in [6, 6.07) is 1.32. The lowest BCUT2D eigenvalue weighted by atomic mass is 9.93. The van der Waals surface area contributed by atoms with Crippen molar-refractivity contribution in [1.82, 2.24) is 16.0 Å². The van der Waals surface area contributed by atoms with Crippen molar-refractivity contribution in [3.63, 3.8) is 0 Å². The minimum atomic E-state index is 0.661. The van der Waals surface area contributed by atoms with Crippen LogP contribution in [0.2, 0.25) is 0 Å². The third-order valence-corrected chi connectivity index (χ3v) is 5.69. The van der Waals surface area contributed by atoms with Gasteiger partial charge >= 0.3 is 0 Å². The smallest absolute Gasteiger partial charge is 0.0113 e. The Balaban J connectivity index is 3.41. The molecule has 0 aliphatic rings. The normalized spacial score (nSPS) is 12.7. The highest BCUT2D eigenvalue weighted by Crippen LogP contribution is 2.12. The Kier molecular flexibility index (Phi) is 16.7. The standard InChI is InChI=1S/C24H53N3/c1-19(2)23(20(3)4)26-17-13-9-11-15-25-16-12-10-14-18-27-24(21(5)6)22(7)8/h19-27H,9-18H2,1-8H3. The van der Waals surface area contributed by atoms with E-state index in [0.717, 1.165) is 23.7 Å². The zero-order valence-electron chi connectivity index (χ0n) is 20.0. The first-order valence-corrected chi connectivity index (χ1v) is 11.9. The fraction of sp³-hybridized carbons (Fsp3) is 1.00. The van der Waals surface area contributed by atoms with Crippen molar-refractivity contribution >= 4 is 0 Å². The van der Waals surface area contributed by atoms with E-state index in [1.54, 1.807) is 0 Å². The Labute approximate surface area is 172 Å². The van der Waals surface area contributed by atoms with Gasteiger partial charge in [-0.05, 0) is 75.5 Å². The van der Waals surface area contributed by atoms with Crippen molar-refractivity contribution in [1.29, 1.82) is 0 Å². The summed E-state index contributed by atoms with van der Waals surface area (Å²) in [5.74, 6) is 2.90. The number of rotatable bonds is 18. The summed E-state index contributed by atoms with van der Waals surface area (Å²) < 4.78 is 0. The molecular formula is C24H53N3. The van der Waals surface area contributed by atoms with Gasteiger partial charge in [0.05, 0.1) is 0 Å². The minimum Gasteiger partial charge on any atom is -0.317 e. The molecular weight excluding hydrogens is 330 g/mol. The molecule has 0 rings (SSSR count). The molecule has 0 aliphatic carbocycles. The molecule has 0 aromatic heterocycles. The van der Waals surface area contributed by atoms with Crippen LogP contribution in [0.15, 0.2) is 0 Å². The second-order valence-electron chi connectivity index (χ2n) is 9.81. The van der Waals surface area contributed by atoms with E-state index in [4.69, 9.17) is 0 Å². The monoisotopic (exact) mass is 383 g/mol. The van der Waals surface area contributed by atoms with E-state index in [1.165, 1.54) is 64.7 Å². The predicted molar refractivity (Wildman–Crippen MR) is 124 cm³/mol. The summed E-state index contributed by atoms with van der Waals surface area (Å²) in [5.41, 5.74) is 0. The van der Waals surface area contributed by atoms with Crippen molar-refractivity contribution < 1.29 is 0 Å². The summed E-state index contributed by atoms with van der Waals surface area (Å²) >= 11 is 0. The Morgan fingerprint density at radius 1 is 0.407 bits per heavy atom. The summed E-state index contributed by atoms with van der Waals surface area (Å²) in [6.45, 7) is 23.3. The van der Waals surface area contributed by atoms with Gasteiger partial charge in [0.2, 0.25) is 0 Å². The van der Waals surface area contributed by atoms with Crippen molar-refractivity contribution in [3.05, 3.63) is 0 Å². The van der Waals surface area contributed by atoms with Crippen molar-refractivity contribution in [3.8, 4) is 0 Å². The van der Waals surface area contributed by atoms with Crippen LogP contribution in [0.5, 0.6) is 0 Å². The van der Waals surface area contributed by atoms with Crippen LogP contribution in [-0.4, -0.2) is 38.3 Å². The topological polar surface area (TPSA) is 36.1 Å². The lowest BCUT2D eigenvalue weighted by molar-refractivity contribution is 0.312. The zero-order chi connectivity index (χ0) is 20.7. The molecule has 27 heavy (non-hydrogen) atoms. The van der Waals surface area contributed by atoms with Crippen LogP contribution in [0.1, 0.15) is 93.9 Å². The SMILES string of the molecule is CC(C)C(NCCCCCNCCCCCNC(C(C)C)C(C)C)C(C)C. The average molecular weight is 384 g/mol. The fourth-order valence-corrected chi connectivity index (χ4v) is 4.25. The van der Waals surface area contributed by atoms with Crippen LogP contribution < -0.4 is 16.0 Å². The number of unbranched alkanes of at least 4 members (excludes halogenated alkanes) is 4. The molecule has 0 amide bonds. The fourth-order valence-electron chi connectivity index (χ4n) is 4.25. The van der Waals surface area contributed by atoms with Crippen molar-refractivity contribution in [2.24, 2.45) is 23.7 Å². The first kappa shape index (κ1) is 26.9. The first-order valence-electron chi connectivity index (χ1n) is 11.9. The zero-order valence-corrected chi connectivity index (χ0v) is 20.0. The minimum absolute atomic E-state index is 0.661.